The van der Waals surface area contributed by atoms with Gasteiger partial charge in [-0.3, -0.25) is 9.59 Å². The van der Waals surface area contributed by atoms with Crippen molar-refractivity contribution in [3.05, 3.63) is 16.1 Å². The monoisotopic (exact) mass is 293 g/mol. The van der Waals surface area contributed by atoms with E-state index in [2.05, 4.69) is 9.72 Å². The Hall–Kier alpha value is -1.14. The first kappa shape index (κ1) is 16.9. The van der Waals surface area contributed by atoms with E-state index in [9.17, 15) is 9.59 Å². The summed E-state index contributed by atoms with van der Waals surface area (Å²) < 4.78 is 4.42. The number of carbonyl (C=O) groups excluding carboxylic acids is 1. The lowest BCUT2D eigenvalue weighted by Gasteiger charge is -1.92. The lowest BCUT2D eigenvalue weighted by Crippen LogP contribution is -2.03. The quantitative estimate of drug-likeness (QED) is 0.665. The van der Waals surface area contributed by atoms with Gasteiger partial charge < -0.3 is 9.84 Å². The van der Waals surface area contributed by atoms with E-state index in [1.54, 1.807) is 12.3 Å². The maximum atomic E-state index is 10.2. The molecular formula is C11H16ClNO4S. The van der Waals surface area contributed by atoms with Crippen LogP contribution in [0, 0.1) is 0 Å². The highest BCUT2D eigenvalue weighted by Gasteiger charge is 2.03. The molecule has 0 aliphatic carbocycles. The van der Waals surface area contributed by atoms with Gasteiger partial charge in [-0.05, 0) is 13.3 Å². The Morgan fingerprint density at radius 3 is 2.50 bits per heavy atom. The third-order valence-electron chi connectivity index (χ3n) is 1.65. The predicted molar refractivity (Wildman–Crippen MR) is 70.2 cm³/mol. The zero-order valence-corrected chi connectivity index (χ0v) is 11.9. The van der Waals surface area contributed by atoms with Crippen LogP contribution in [0.5, 0.6) is 0 Å². The molecule has 0 atom stereocenters. The van der Waals surface area contributed by atoms with Crippen molar-refractivity contribution in [3.63, 3.8) is 0 Å². The Balaban J connectivity index is 0.000000360. The molecular weight excluding hydrogens is 278 g/mol. The molecule has 0 saturated carbocycles. The van der Waals surface area contributed by atoms with Gasteiger partial charge in [-0.2, -0.15) is 0 Å². The van der Waals surface area contributed by atoms with Gasteiger partial charge in [0.05, 0.1) is 23.7 Å². The molecule has 102 valence electrons. The fourth-order valence-corrected chi connectivity index (χ4v) is 1.77. The summed E-state index contributed by atoms with van der Waals surface area (Å²) in [5.74, 6) is -1.23. The summed E-state index contributed by atoms with van der Waals surface area (Å²) >= 11 is 6.57. The Morgan fingerprint density at radius 1 is 1.50 bits per heavy atom. The first-order chi connectivity index (χ1) is 8.53. The van der Waals surface area contributed by atoms with E-state index in [-0.39, 0.29) is 18.3 Å². The lowest BCUT2D eigenvalue weighted by atomic mass is 10.3. The van der Waals surface area contributed by atoms with Crippen LogP contribution >= 0.6 is 22.9 Å². The van der Waals surface area contributed by atoms with Crippen LogP contribution in [-0.4, -0.2) is 34.5 Å². The Bertz CT molecular complexity index is 381. The smallest absolute Gasteiger partial charge is 0.320 e. The summed E-state index contributed by atoms with van der Waals surface area (Å²) in [6.07, 6.45) is 0.917. The van der Waals surface area contributed by atoms with E-state index in [0.717, 1.165) is 11.4 Å². The number of halogens is 1. The summed E-state index contributed by atoms with van der Waals surface area (Å²) in [5.41, 5.74) is 0.666. The fraction of sp³-hybridized carbons (Fsp3) is 0.545. The number of thiazole rings is 1. The molecule has 0 aromatic carbocycles. The molecule has 0 spiro atoms. The first-order valence-electron chi connectivity index (χ1n) is 5.40. The minimum atomic E-state index is -0.821. The van der Waals surface area contributed by atoms with Crippen LogP contribution in [0.3, 0.4) is 0 Å². The molecule has 0 saturated heterocycles. The van der Waals surface area contributed by atoms with E-state index in [1.165, 1.54) is 11.3 Å². The molecule has 7 heteroatoms. The van der Waals surface area contributed by atoms with Gasteiger partial charge in [0.2, 0.25) is 0 Å². The number of aliphatic carboxylic acids is 1. The van der Waals surface area contributed by atoms with Gasteiger partial charge in [-0.15, -0.1) is 22.9 Å². The van der Waals surface area contributed by atoms with Gasteiger partial charge in [0, 0.05) is 5.38 Å². The number of ether oxygens (including phenoxy) is 1. The van der Waals surface area contributed by atoms with Gasteiger partial charge in [-0.25, -0.2) is 4.98 Å². The molecule has 1 aromatic heterocycles. The SMILES string of the molecule is CCOC(=O)CCl.CCc1nc(CC(=O)O)cs1. The van der Waals surface area contributed by atoms with E-state index < -0.39 is 5.97 Å². The predicted octanol–water partition coefficient (Wildman–Crippen LogP) is 2.12. The molecule has 0 aliphatic rings. The minimum Gasteiger partial charge on any atom is -0.481 e. The Morgan fingerprint density at radius 2 is 2.17 bits per heavy atom. The molecule has 1 heterocycles. The van der Waals surface area contributed by atoms with Crippen LogP contribution in [0.15, 0.2) is 5.38 Å². The molecule has 5 nitrogen and oxygen atoms in total. The van der Waals surface area contributed by atoms with Crippen molar-refractivity contribution >= 4 is 34.9 Å². The number of carboxylic acids is 1. The van der Waals surface area contributed by atoms with Crippen molar-refractivity contribution in [2.45, 2.75) is 26.7 Å². The normalized spacial score (nSPS) is 9.28. The van der Waals surface area contributed by atoms with Crippen molar-refractivity contribution < 1.29 is 19.4 Å². The second-order valence-electron chi connectivity index (χ2n) is 3.10. The molecule has 18 heavy (non-hydrogen) atoms. The van der Waals surface area contributed by atoms with Gasteiger partial charge >= 0.3 is 11.9 Å². The standard InChI is InChI=1S/C7H9NO2S.C4H7ClO2/c1-2-6-8-5(4-11-6)3-7(9)10;1-2-7-4(6)3-5/h4H,2-3H2,1H3,(H,9,10);2-3H2,1H3. The van der Waals surface area contributed by atoms with Crippen molar-refractivity contribution in [1.82, 2.24) is 4.98 Å². The second kappa shape index (κ2) is 9.85. The Labute approximate surface area is 115 Å². The summed E-state index contributed by atoms with van der Waals surface area (Å²) in [7, 11) is 0. The number of aromatic nitrogens is 1. The summed E-state index contributed by atoms with van der Waals surface area (Å²) in [6, 6.07) is 0. The number of nitrogens with zero attached hydrogens (tertiary/aromatic N) is 1. The van der Waals surface area contributed by atoms with Gasteiger partial charge in [-0.1, -0.05) is 6.92 Å². The molecule has 0 bridgehead atoms. The van der Waals surface area contributed by atoms with Gasteiger partial charge in [0.25, 0.3) is 0 Å². The summed E-state index contributed by atoms with van der Waals surface area (Å²) in [5, 5.41) is 11.2. The minimum absolute atomic E-state index is 0.0382. The van der Waals surface area contributed by atoms with E-state index in [0.29, 0.717) is 12.3 Å². The molecule has 0 fully saturated rings. The fourth-order valence-electron chi connectivity index (χ4n) is 0.947. The van der Waals surface area contributed by atoms with Crippen molar-refractivity contribution in [2.75, 3.05) is 12.5 Å². The van der Waals surface area contributed by atoms with E-state index >= 15 is 0 Å². The maximum Gasteiger partial charge on any atom is 0.320 e. The number of esters is 1. The van der Waals surface area contributed by atoms with Gasteiger partial charge in [0.1, 0.15) is 5.88 Å². The van der Waals surface area contributed by atoms with E-state index in [1.807, 2.05) is 6.92 Å². The highest BCUT2D eigenvalue weighted by molar-refractivity contribution is 7.09. The van der Waals surface area contributed by atoms with Crippen LogP contribution in [0.4, 0.5) is 0 Å². The van der Waals surface area contributed by atoms with Crippen molar-refractivity contribution in [2.24, 2.45) is 0 Å². The number of carboxylic acid groups (broad SMARTS) is 1. The van der Waals surface area contributed by atoms with Crippen LogP contribution in [0.2, 0.25) is 0 Å². The highest BCUT2D eigenvalue weighted by Crippen LogP contribution is 2.10. The van der Waals surface area contributed by atoms with Crippen LogP contribution < -0.4 is 0 Å². The number of hydrogen-bond acceptors (Lipinski definition) is 5. The highest BCUT2D eigenvalue weighted by atomic mass is 35.5. The third-order valence-corrected chi connectivity index (χ3v) is 2.91. The number of carbonyl (C=O) groups is 2. The number of alkyl halides is 1. The Kier molecular flexibility index (Phi) is 9.22. The molecule has 0 amide bonds. The maximum absolute atomic E-state index is 10.2. The number of aryl methyl sites for hydroxylation is 1. The van der Waals surface area contributed by atoms with Crippen molar-refractivity contribution in [3.8, 4) is 0 Å². The lowest BCUT2D eigenvalue weighted by molar-refractivity contribution is -0.140. The van der Waals surface area contributed by atoms with Crippen LogP contribution in [-0.2, 0) is 27.2 Å². The number of hydrogen-bond donors (Lipinski definition) is 1. The average Bonchev–Trinajstić information content (AvgIpc) is 2.77. The molecule has 1 aromatic rings. The van der Waals surface area contributed by atoms with Crippen LogP contribution in [0.25, 0.3) is 0 Å². The summed E-state index contributed by atoms with van der Waals surface area (Å²) in [4.78, 5) is 24.4. The topological polar surface area (TPSA) is 76.5 Å². The zero-order valence-electron chi connectivity index (χ0n) is 10.3. The third kappa shape index (κ3) is 8.03. The second-order valence-corrected chi connectivity index (χ2v) is 4.31. The molecule has 0 radical (unpaired) electrons. The van der Waals surface area contributed by atoms with Gasteiger partial charge in [0.15, 0.2) is 0 Å². The van der Waals surface area contributed by atoms with E-state index in [4.69, 9.17) is 16.7 Å². The van der Waals surface area contributed by atoms with Crippen LogP contribution in [0.1, 0.15) is 24.5 Å². The molecule has 0 aliphatic heterocycles. The number of rotatable bonds is 5. The zero-order chi connectivity index (χ0) is 14.0. The molecule has 1 rings (SSSR count). The molecule has 0 unspecified atom stereocenters. The average molecular weight is 294 g/mol. The molecule has 1 N–H and O–H groups in total. The van der Waals surface area contributed by atoms with Crippen molar-refractivity contribution in [1.29, 1.82) is 0 Å². The largest absolute Gasteiger partial charge is 0.481 e. The summed E-state index contributed by atoms with van der Waals surface area (Å²) in [6.45, 7) is 4.15. The first-order valence-corrected chi connectivity index (χ1v) is 6.81.